The van der Waals surface area contributed by atoms with Crippen LogP contribution in [0.2, 0.25) is 0 Å². The Labute approximate surface area is 288 Å². The number of carbonyl (C=O) groups is 8. The average molecular weight is 701 g/mol. The molecule has 2 saturated heterocycles. The second-order valence-corrected chi connectivity index (χ2v) is 13.4. The number of aliphatic carboxylic acids is 2. The van der Waals surface area contributed by atoms with E-state index in [4.69, 9.17) is 0 Å². The van der Waals surface area contributed by atoms with Crippen molar-refractivity contribution in [2.24, 2.45) is 5.92 Å². The van der Waals surface area contributed by atoms with Crippen LogP contribution in [0, 0.1) is 5.92 Å². The second kappa shape index (κ2) is 16.1. The smallest absolute Gasteiger partial charge is 0.305 e. The van der Waals surface area contributed by atoms with Crippen LogP contribution in [0.3, 0.4) is 0 Å². The lowest BCUT2D eigenvalue weighted by Gasteiger charge is -2.40. The molecule has 3 aliphatic heterocycles. The third kappa shape index (κ3) is 8.94. The van der Waals surface area contributed by atoms with Crippen LogP contribution in [0.5, 0.6) is 0 Å². The van der Waals surface area contributed by atoms with Gasteiger partial charge in [-0.3, -0.25) is 38.4 Å². The summed E-state index contributed by atoms with van der Waals surface area (Å²) in [6.07, 6.45) is -2.76. The fourth-order valence-corrected chi connectivity index (χ4v) is 6.59. The molecule has 0 unspecified atom stereocenters. The van der Waals surface area contributed by atoms with E-state index in [0.717, 1.165) is 18.1 Å². The normalized spacial score (nSPS) is 27.5. The SMILES string of the molecule is CC(C)C[C@@H]1NC(=O)[C@@H]2Cc3ccccc3CN2C(=O)[C@H]2CCCN2C(=O)[C@H](CC(=O)O)NC(=O)[C@H]([C@@H](C)O)NC(=O)[C@H](CC(=O)O)NC1=O. The van der Waals surface area contributed by atoms with Crippen LogP contribution in [0.4, 0.5) is 0 Å². The predicted octanol–water partition coefficient (Wildman–Crippen LogP) is -1.74. The molecule has 50 heavy (non-hydrogen) atoms. The van der Waals surface area contributed by atoms with Crippen molar-refractivity contribution in [1.82, 2.24) is 31.1 Å². The maximum atomic E-state index is 14.3. The summed E-state index contributed by atoms with van der Waals surface area (Å²) in [4.78, 5) is 109. The molecular formula is C33H44N6O11. The van der Waals surface area contributed by atoms with Gasteiger partial charge in [-0.15, -0.1) is 0 Å². The fourth-order valence-electron chi connectivity index (χ4n) is 6.59. The lowest BCUT2D eigenvalue weighted by atomic mass is 9.92. The molecule has 0 bridgehead atoms. The molecule has 3 aliphatic rings. The van der Waals surface area contributed by atoms with Gasteiger partial charge in [0.15, 0.2) is 0 Å². The lowest BCUT2D eigenvalue weighted by Crippen LogP contribution is -2.63. The lowest BCUT2D eigenvalue weighted by molar-refractivity contribution is -0.152. The molecule has 17 nitrogen and oxygen atoms in total. The van der Waals surface area contributed by atoms with Crippen molar-refractivity contribution in [3.63, 3.8) is 0 Å². The topological polar surface area (TPSA) is 252 Å². The number of fused-ring (bicyclic) bond motifs is 3. The van der Waals surface area contributed by atoms with Gasteiger partial charge in [-0.2, -0.15) is 0 Å². The zero-order valence-corrected chi connectivity index (χ0v) is 28.1. The molecule has 0 spiro atoms. The summed E-state index contributed by atoms with van der Waals surface area (Å²) in [6, 6.07) is -1.62. The molecule has 0 aromatic heterocycles. The van der Waals surface area contributed by atoms with Crippen molar-refractivity contribution >= 4 is 47.4 Å². The van der Waals surface area contributed by atoms with Gasteiger partial charge < -0.3 is 46.4 Å². The monoisotopic (exact) mass is 700 g/mol. The van der Waals surface area contributed by atoms with Crippen LogP contribution in [-0.2, 0) is 51.3 Å². The summed E-state index contributed by atoms with van der Waals surface area (Å²) in [5.74, 6) is -8.49. The van der Waals surface area contributed by atoms with E-state index in [1.165, 1.54) is 9.80 Å². The number of carbonyl (C=O) groups excluding carboxylic acids is 6. The largest absolute Gasteiger partial charge is 0.481 e. The minimum atomic E-state index is -1.81. The molecule has 7 atom stereocenters. The van der Waals surface area contributed by atoms with Crippen molar-refractivity contribution < 1.29 is 53.7 Å². The predicted molar refractivity (Wildman–Crippen MR) is 173 cm³/mol. The van der Waals surface area contributed by atoms with Crippen molar-refractivity contribution in [1.29, 1.82) is 0 Å². The van der Waals surface area contributed by atoms with E-state index in [-0.39, 0.29) is 38.3 Å². The first-order valence-electron chi connectivity index (χ1n) is 16.6. The molecule has 6 amide bonds. The number of hydrogen-bond acceptors (Lipinski definition) is 9. The Morgan fingerprint density at radius 2 is 1.32 bits per heavy atom. The van der Waals surface area contributed by atoms with Gasteiger partial charge in [0, 0.05) is 19.5 Å². The Kier molecular flexibility index (Phi) is 12.2. The highest BCUT2D eigenvalue weighted by atomic mass is 16.4. The fraction of sp³-hybridized carbons (Fsp3) is 0.576. The summed E-state index contributed by atoms with van der Waals surface area (Å²) >= 11 is 0. The van der Waals surface area contributed by atoms with E-state index in [9.17, 15) is 53.7 Å². The summed E-state index contributed by atoms with van der Waals surface area (Å²) in [7, 11) is 0. The first-order valence-corrected chi connectivity index (χ1v) is 16.6. The zero-order valence-electron chi connectivity index (χ0n) is 28.1. The molecule has 0 radical (unpaired) electrons. The van der Waals surface area contributed by atoms with E-state index in [1.54, 1.807) is 32.0 Å². The van der Waals surface area contributed by atoms with Gasteiger partial charge in [0.1, 0.15) is 36.3 Å². The van der Waals surface area contributed by atoms with E-state index in [2.05, 4.69) is 21.3 Å². The summed E-state index contributed by atoms with van der Waals surface area (Å²) in [6.45, 7) is 4.75. The number of amides is 6. The highest BCUT2D eigenvalue weighted by molar-refractivity contribution is 6.00. The Balaban J connectivity index is 1.81. The molecule has 1 aromatic carbocycles. The summed E-state index contributed by atoms with van der Waals surface area (Å²) in [5.41, 5.74) is 1.56. The maximum absolute atomic E-state index is 14.3. The summed E-state index contributed by atoms with van der Waals surface area (Å²) in [5, 5.41) is 39.1. The first-order chi connectivity index (χ1) is 23.6. The number of nitrogens with zero attached hydrogens (tertiary/aromatic N) is 2. The molecule has 0 aliphatic carbocycles. The molecule has 4 rings (SSSR count). The number of aliphatic hydroxyl groups excluding tert-OH is 1. The molecule has 272 valence electrons. The molecule has 0 saturated carbocycles. The molecular weight excluding hydrogens is 656 g/mol. The molecule has 2 fully saturated rings. The third-order valence-corrected chi connectivity index (χ3v) is 9.06. The molecule has 3 heterocycles. The van der Waals surface area contributed by atoms with Crippen molar-refractivity contribution in [2.75, 3.05) is 6.54 Å². The number of aliphatic hydroxyl groups is 1. The quantitative estimate of drug-likeness (QED) is 0.168. The second-order valence-electron chi connectivity index (χ2n) is 13.4. The van der Waals surface area contributed by atoms with Crippen LogP contribution < -0.4 is 21.3 Å². The van der Waals surface area contributed by atoms with Gasteiger partial charge >= 0.3 is 11.9 Å². The first kappa shape index (κ1) is 37.8. The van der Waals surface area contributed by atoms with Crippen LogP contribution in [-0.4, -0.2) is 121 Å². The van der Waals surface area contributed by atoms with E-state index in [1.807, 2.05) is 6.07 Å². The number of carboxylic acid groups (broad SMARTS) is 2. The number of benzene rings is 1. The summed E-state index contributed by atoms with van der Waals surface area (Å²) < 4.78 is 0. The van der Waals surface area contributed by atoms with Crippen molar-refractivity contribution in [3.05, 3.63) is 35.4 Å². The Bertz CT molecular complexity index is 1530. The van der Waals surface area contributed by atoms with Gasteiger partial charge in [0.25, 0.3) is 0 Å². The van der Waals surface area contributed by atoms with Crippen LogP contribution >= 0.6 is 0 Å². The molecule has 7 N–H and O–H groups in total. The van der Waals surface area contributed by atoms with Gasteiger partial charge in [-0.05, 0) is 43.2 Å². The minimum absolute atomic E-state index is 0.00111. The third-order valence-electron chi connectivity index (χ3n) is 9.06. The molecule has 17 heteroatoms. The van der Waals surface area contributed by atoms with E-state index >= 15 is 0 Å². The zero-order chi connectivity index (χ0) is 36.9. The molecule has 1 aromatic rings. The Morgan fingerprint density at radius 3 is 1.94 bits per heavy atom. The number of hydrogen-bond donors (Lipinski definition) is 7. The van der Waals surface area contributed by atoms with Crippen molar-refractivity contribution in [2.45, 2.75) is 108 Å². The van der Waals surface area contributed by atoms with Crippen molar-refractivity contribution in [3.8, 4) is 0 Å². The number of carboxylic acids is 2. The van der Waals surface area contributed by atoms with Gasteiger partial charge in [-0.25, -0.2) is 0 Å². The van der Waals surface area contributed by atoms with Crippen LogP contribution in [0.15, 0.2) is 24.3 Å². The van der Waals surface area contributed by atoms with Crippen LogP contribution in [0.1, 0.15) is 64.0 Å². The minimum Gasteiger partial charge on any atom is -0.481 e. The highest BCUT2D eigenvalue weighted by Gasteiger charge is 2.45. The highest BCUT2D eigenvalue weighted by Crippen LogP contribution is 2.28. The standard InChI is InChI=1S/C33H44N6O11/c1-16(2)11-20-28(45)34-21(13-25(41)42)29(46)37-27(17(3)40)31(48)36-22(14-26(43)44)32(49)38-10-6-9-23(38)33(50)39-15-19-8-5-4-7-18(19)12-24(39)30(47)35-20/h4-5,7-8,16-17,20-24,27,40H,6,9-15H2,1-3H3,(H,34,45)(H,35,47)(H,36,48)(H,37,46)(H,41,42)(H,43,44)/t17-,20+,21+,22+,23-,24+,27+/m1/s1. The van der Waals surface area contributed by atoms with E-state index < -0.39 is 103 Å². The number of nitrogens with one attached hydrogen (secondary N) is 4. The average Bonchev–Trinajstić information content (AvgIpc) is 3.53. The Hall–Kier alpha value is -5.06. The van der Waals surface area contributed by atoms with E-state index in [0.29, 0.717) is 6.42 Å². The van der Waals surface area contributed by atoms with Crippen LogP contribution in [0.25, 0.3) is 0 Å². The maximum Gasteiger partial charge on any atom is 0.305 e. The Morgan fingerprint density at radius 1 is 0.740 bits per heavy atom. The van der Waals surface area contributed by atoms with Gasteiger partial charge in [0.05, 0.1) is 18.9 Å². The van der Waals surface area contributed by atoms with Gasteiger partial charge in [0.2, 0.25) is 35.4 Å². The number of rotatable bonds is 7. The van der Waals surface area contributed by atoms with Gasteiger partial charge in [-0.1, -0.05) is 38.1 Å².